The van der Waals surface area contributed by atoms with Crippen LogP contribution in [0.25, 0.3) is 11.3 Å². The van der Waals surface area contributed by atoms with Crippen LogP contribution in [0.4, 0.5) is 14.9 Å². The topological polar surface area (TPSA) is 84.4 Å². The summed E-state index contributed by atoms with van der Waals surface area (Å²) in [6.07, 6.45) is 7.47. The van der Waals surface area contributed by atoms with Crippen LogP contribution in [0.5, 0.6) is 0 Å². The zero-order valence-electron chi connectivity index (χ0n) is 26.5. The molecule has 42 heavy (non-hydrogen) atoms. The van der Waals surface area contributed by atoms with E-state index in [1.165, 1.54) is 30.4 Å². The van der Waals surface area contributed by atoms with Crippen LogP contribution in [0, 0.1) is 12.7 Å². The number of carbonyl (C=O) groups excluding carboxylic acids is 2. The first kappa shape index (κ1) is 32.6. The fraction of sp³-hybridized carbons (Fsp3) is 0.500. The molecule has 0 atom stereocenters. The predicted molar refractivity (Wildman–Crippen MR) is 165 cm³/mol. The number of aryl methyl sites for hydroxylation is 1. The van der Waals surface area contributed by atoms with Crippen molar-refractivity contribution in [3.63, 3.8) is 0 Å². The predicted octanol–water partition coefficient (Wildman–Crippen LogP) is 6.46. The lowest BCUT2D eigenvalue weighted by molar-refractivity contribution is 0.000365. The minimum atomic E-state index is -0.574. The molecule has 1 aliphatic heterocycles. The van der Waals surface area contributed by atoms with Crippen LogP contribution in [0.1, 0.15) is 84.3 Å². The monoisotopic (exact) mass is 580 g/mol. The van der Waals surface area contributed by atoms with Gasteiger partial charge in [-0.25, -0.2) is 19.2 Å². The van der Waals surface area contributed by atoms with Crippen LogP contribution >= 0.6 is 0 Å². The Morgan fingerprint density at radius 3 is 2.36 bits per heavy atom. The molecule has 9 nitrogen and oxygen atoms in total. The van der Waals surface area contributed by atoms with Crippen molar-refractivity contribution in [2.75, 3.05) is 24.5 Å². The van der Waals surface area contributed by atoms with Gasteiger partial charge in [0, 0.05) is 50.7 Å². The van der Waals surface area contributed by atoms with Gasteiger partial charge in [0.2, 0.25) is 5.91 Å². The fourth-order valence-corrected chi connectivity index (χ4v) is 4.58. The molecule has 10 heteroatoms. The van der Waals surface area contributed by atoms with Crippen LogP contribution in [0.2, 0.25) is 0 Å². The van der Waals surface area contributed by atoms with Gasteiger partial charge in [0.05, 0.1) is 22.6 Å². The molecular weight excluding hydrogens is 535 g/mol. The van der Waals surface area contributed by atoms with Gasteiger partial charge in [0.25, 0.3) is 0 Å². The van der Waals surface area contributed by atoms with Gasteiger partial charge >= 0.3 is 6.09 Å². The molecule has 4 rings (SSSR count). The summed E-state index contributed by atoms with van der Waals surface area (Å²) in [6, 6.07) is 4.96. The van der Waals surface area contributed by atoms with E-state index >= 15 is 0 Å². The van der Waals surface area contributed by atoms with E-state index in [-0.39, 0.29) is 17.6 Å². The van der Waals surface area contributed by atoms with Crippen LogP contribution in [0.3, 0.4) is 0 Å². The second kappa shape index (κ2) is 12.9. The van der Waals surface area contributed by atoms with Crippen molar-refractivity contribution >= 4 is 29.0 Å². The number of hydrogen-bond acceptors (Lipinski definition) is 6. The summed E-state index contributed by atoms with van der Waals surface area (Å²) in [7, 11) is 0. The molecule has 3 aromatic rings. The van der Waals surface area contributed by atoms with E-state index in [1.807, 2.05) is 40.7 Å². The van der Waals surface area contributed by atoms with Crippen LogP contribution in [-0.2, 0) is 4.74 Å². The lowest BCUT2D eigenvalue weighted by Gasteiger charge is -2.47. The molecule has 0 radical (unpaired) electrons. The number of rotatable bonds is 4. The Morgan fingerprint density at radius 2 is 1.79 bits per heavy atom. The molecule has 228 valence electrons. The second-order valence-corrected chi connectivity index (χ2v) is 12.2. The number of carbonyl (C=O) groups is 2. The Kier molecular flexibility index (Phi) is 10.0. The van der Waals surface area contributed by atoms with E-state index in [1.54, 1.807) is 40.9 Å². The molecule has 0 aliphatic carbocycles. The first-order valence-corrected chi connectivity index (χ1v) is 14.4. The smallest absolute Gasteiger partial charge is 0.410 e. The maximum Gasteiger partial charge on any atom is 0.410 e. The van der Waals surface area contributed by atoms with Gasteiger partial charge in [-0.15, -0.1) is 0 Å². The lowest BCUT2D eigenvalue weighted by Crippen LogP contribution is -2.62. The van der Waals surface area contributed by atoms with Gasteiger partial charge in [-0.05, 0) is 59.7 Å². The van der Waals surface area contributed by atoms with Crippen LogP contribution in [-0.4, -0.2) is 61.6 Å². The minimum Gasteiger partial charge on any atom is -0.444 e. The number of halogens is 1. The third kappa shape index (κ3) is 7.86. The first-order chi connectivity index (χ1) is 19.6. The van der Waals surface area contributed by atoms with Gasteiger partial charge < -0.3 is 14.0 Å². The largest absolute Gasteiger partial charge is 0.444 e. The number of anilines is 1. The highest BCUT2D eigenvalue weighted by atomic mass is 19.1. The number of aromatic nitrogens is 3. The number of pyridine rings is 2. The summed E-state index contributed by atoms with van der Waals surface area (Å²) in [5, 5.41) is 0. The fourth-order valence-electron chi connectivity index (χ4n) is 4.58. The normalized spacial score (nSPS) is 15.3. The number of unbranched alkanes of at least 4 members (excludes halogenated alkanes) is 1. The van der Waals surface area contributed by atoms with Gasteiger partial charge in [0.15, 0.2) is 11.5 Å². The molecule has 1 amide bonds. The Balaban J connectivity index is 0.00000114. The van der Waals surface area contributed by atoms with Crippen molar-refractivity contribution in [2.24, 2.45) is 4.99 Å². The summed E-state index contributed by atoms with van der Waals surface area (Å²) in [4.78, 5) is 37.9. The van der Waals surface area contributed by atoms with E-state index in [2.05, 4.69) is 35.3 Å². The summed E-state index contributed by atoms with van der Waals surface area (Å²) in [5.41, 5.74) is 1.85. The molecule has 0 spiro atoms. The lowest BCUT2D eigenvalue weighted by atomic mass is 9.99. The maximum absolute atomic E-state index is 14.6. The number of nitrogens with zero attached hydrogens (tertiary/aromatic N) is 6. The number of imidazole rings is 1. The highest BCUT2D eigenvalue weighted by molar-refractivity contribution is 5.77. The van der Waals surface area contributed by atoms with Gasteiger partial charge in [0.1, 0.15) is 11.1 Å². The minimum absolute atomic E-state index is 0.225. The van der Waals surface area contributed by atoms with E-state index < -0.39 is 17.0 Å². The standard InChI is InChI=1S/C28H35FN6O3.C4H10/c1-18-14-33-15-21(13-23(29)25(33)30-18)19(2)31-24-10-9-22(16-34(24)20(3)36)32-11-12-35(28(7,8)17-32)26(37)38-27(4,5)6;1-3-4-2/h9-10,13-16H,2,11-12,17H2,1,3-8H3;3-4H2,1-2H3. The molecule has 3 aromatic heterocycles. The average molecular weight is 581 g/mol. The van der Waals surface area contributed by atoms with E-state index in [0.717, 1.165) is 5.69 Å². The molecule has 0 N–H and O–H groups in total. The SMILES string of the molecule is C=C(N=c1ccc(N2CCN(C(=O)OC(C)(C)C)C(C)(C)C2)cn1C(C)=O)c1cc(F)c2nc(C)cn2c1.CCCC. The summed E-state index contributed by atoms with van der Waals surface area (Å²) < 4.78 is 23.2. The second-order valence-electron chi connectivity index (χ2n) is 12.2. The van der Waals surface area contributed by atoms with Crippen molar-refractivity contribution < 1.29 is 18.7 Å². The number of hydrogen-bond donors (Lipinski definition) is 0. The Hall–Kier alpha value is -3.95. The Bertz CT molecular complexity index is 1530. The summed E-state index contributed by atoms with van der Waals surface area (Å²) in [5.74, 6) is -0.702. The number of fused-ring (bicyclic) bond motifs is 1. The first-order valence-electron chi connectivity index (χ1n) is 14.4. The van der Waals surface area contributed by atoms with Gasteiger partial charge in [-0.1, -0.05) is 33.3 Å². The molecule has 1 fully saturated rings. The summed E-state index contributed by atoms with van der Waals surface area (Å²) >= 11 is 0. The zero-order chi connectivity index (χ0) is 31.4. The third-order valence-electron chi connectivity index (χ3n) is 6.84. The van der Waals surface area contributed by atoms with Crippen molar-refractivity contribution in [2.45, 2.75) is 86.3 Å². The zero-order valence-corrected chi connectivity index (χ0v) is 26.5. The quantitative estimate of drug-likeness (QED) is 0.354. The molecule has 4 heterocycles. The number of amides is 1. The van der Waals surface area contributed by atoms with Gasteiger partial charge in [-0.3, -0.25) is 14.3 Å². The Labute approximate surface area is 248 Å². The number of ether oxygens (including phenoxy) is 1. The van der Waals surface area contributed by atoms with Gasteiger partial charge in [-0.2, -0.15) is 0 Å². The highest BCUT2D eigenvalue weighted by Crippen LogP contribution is 2.27. The van der Waals surface area contributed by atoms with Crippen LogP contribution in [0.15, 0.2) is 48.4 Å². The average Bonchev–Trinajstić information content (AvgIpc) is 3.28. The molecule has 0 unspecified atom stereocenters. The molecule has 0 aromatic carbocycles. The van der Waals surface area contributed by atoms with Crippen molar-refractivity contribution in [3.8, 4) is 0 Å². The molecule has 0 saturated carbocycles. The van der Waals surface area contributed by atoms with E-state index in [0.29, 0.717) is 42.1 Å². The van der Waals surface area contributed by atoms with Crippen molar-refractivity contribution in [3.05, 3.63) is 65.9 Å². The van der Waals surface area contributed by atoms with Crippen LogP contribution < -0.4 is 10.4 Å². The number of piperazine rings is 1. The van der Waals surface area contributed by atoms with E-state index in [9.17, 15) is 14.0 Å². The summed E-state index contributed by atoms with van der Waals surface area (Å²) in [6.45, 7) is 22.8. The Morgan fingerprint density at radius 1 is 1.12 bits per heavy atom. The highest BCUT2D eigenvalue weighted by Gasteiger charge is 2.39. The van der Waals surface area contributed by atoms with Crippen molar-refractivity contribution in [1.82, 2.24) is 18.9 Å². The molecule has 1 saturated heterocycles. The maximum atomic E-state index is 14.6. The van der Waals surface area contributed by atoms with Crippen molar-refractivity contribution in [1.29, 1.82) is 0 Å². The third-order valence-corrected chi connectivity index (χ3v) is 6.84. The molecule has 1 aliphatic rings. The molecular formula is C32H45FN6O3. The van der Waals surface area contributed by atoms with E-state index in [4.69, 9.17) is 4.74 Å². The molecule has 0 bridgehead atoms.